The van der Waals surface area contributed by atoms with Crippen LogP contribution in [0.4, 0.5) is 11.4 Å². The average Bonchev–Trinajstić information content (AvgIpc) is 2.50. The van der Waals surface area contributed by atoms with Gasteiger partial charge in [-0.15, -0.1) is 0 Å². The lowest BCUT2D eigenvalue weighted by Crippen LogP contribution is -1.98. The quantitative estimate of drug-likeness (QED) is 0.628. The second kappa shape index (κ2) is 7.53. The first-order valence-electron chi connectivity index (χ1n) is 6.58. The molecule has 2 rings (SSSR count). The van der Waals surface area contributed by atoms with E-state index in [4.69, 9.17) is 22.9 Å². The van der Waals surface area contributed by atoms with Crippen molar-refractivity contribution in [1.29, 1.82) is 0 Å². The van der Waals surface area contributed by atoms with Gasteiger partial charge >= 0.3 is 0 Å². The molecule has 2 aromatic rings. The Hall–Kier alpha value is -2.04. The van der Waals surface area contributed by atoms with Gasteiger partial charge in [0.2, 0.25) is 0 Å². The van der Waals surface area contributed by atoms with E-state index in [0.29, 0.717) is 24.5 Å². The molecule has 0 fully saturated rings. The van der Waals surface area contributed by atoms with Gasteiger partial charge in [-0.25, -0.2) is 0 Å². The van der Waals surface area contributed by atoms with Crippen LogP contribution in [-0.4, -0.2) is 0 Å². The molecule has 0 aromatic heterocycles. The minimum absolute atomic E-state index is 0.602. The van der Waals surface area contributed by atoms with Crippen LogP contribution in [0, 0.1) is 13.8 Å². The second-order valence-electron chi connectivity index (χ2n) is 4.75. The van der Waals surface area contributed by atoms with Crippen LogP contribution in [0.25, 0.3) is 0 Å². The molecule has 4 nitrogen and oxygen atoms in total. The Morgan fingerprint density at radius 3 is 1.20 bits per heavy atom. The van der Waals surface area contributed by atoms with E-state index < -0.39 is 0 Å². The molecule has 0 amide bonds. The van der Waals surface area contributed by atoms with E-state index in [-0.39, 0.29) is 0 Å². The van der Waals surface area contributed by atoms with Crippen LogP contribution < -0.4 is 22.9 Å². The lowest BCUT2D eigenvalue weighted by atomic mass is 10.1. The Labute approximate surface area is 120 Å². The minimum Gasteiger partial charge on any atom is -0.397 e. The van der Waals surface area contributed by atoms with Gasteiger partial charge in [0, 0.05) is 13.1 Å². The monoisotopic (exact) mass is 272 g/mol. The van der Waals surface area contributed by atoms with Crippen LogP contribution >= 0.6 is 0 Å². The molecule has 108 valence electrons. The van der Waals surface area contributed by atoms with Crippen molar-refractivity contribution in [3.05, 3.63) is 58.7 Å². The molecule has 0 aliphatic heterocycles. The van der Waals surface area contributed by atoms with Crippen LogP contribution in [-0.2, 0) is 13.1 Å². The highest BCUT2D eigenvalue weighted by atomic mass is 14.7. The van der Waals surface area contributed by atoms with Gasteiger partial charge in [0.25, 0.3) is 0 Å². The van der Waals surface area contributed by atoms with Gasteiger partial charge in [0.1, 0.15) is 0 Å². The Kier molecular flexibility index (Phi) is 6.03. The number of anilines is 2. The van der Waals surface area contributed by atoms with Crippen LogP contribution in [0.2, 0.25) is 0 Å². The van der Waals surface area contributed by atoms with Gasteiger partial charge in [-0.3, -0.25) is 0 Å². The zero-order valence-electron chi connectivity index (χ0n) is 12.2. The van der Waals surface area contributed by atoms with E-state index in [1.807, 2.05) is 50.2 Å². The Balaban J connectivity index is 0.000000200. The van der Waals surface area contributed by atoms with E-state index in [1.54, 1.807) is 0 Å². The number of benzene rings is 2. The Bertz CT molecular complexity index is 497. The molecule has 0 bridgehead atoms. The summed E-state index contributed by atoms with van der Waals surface area (Å²) in [5.74, 6) is 0. The minimum atomic E-state index is 0.602. The molecule has 4 heteroatoms. The van der Waals surface area contributed by atoms with Gasteiger partial charge in [-0.1, -0.05) is 36.4 Å². The van der Waals surface area contributed by atoms with Crippen LogP contribution in [0.1, 0.15) is 22.3 Å². The normalized spacial score (nSPS) is 9.80. The Morgan fingerprint density at radius 1 is 0.650 bits per heavy atom. The third-order valence-corrected chi connectivity index (χ3v) is 3.22. The highest BCUT2D eigenvalue weighted by Gasteiger charge is 1.99. The van der Waals surface area contributed by atoms with Crippen LogP contribution in [0.3, 0.4) is 0 Å². The second-order valence-corrected chi connectivity index (χ2v) is 4.75. The molecule has 0 saturated heterocycles. The van der Waals surface area contributed by atoms with Crippen molar-refractivity contribution in [3.63, 3.8) is 0 Å². The largest absolute Gasteiger partial charge is 0.397 e. The number of nitrogen functional groups attached to an aromatic ring is 2. The maximum Gasteiger partial charge on any atom is 0.0580 e. The average molecular weight is 272 g/mol. The van der Waals surface area contributed by atoms with E-state index >= 15 is 0 Å². The summed E-state index contributed by atoms with van der Waals surface area (Å²) >= 11 is 0. The summed E-state index contributed by atoms with van der Waals surface area (Å²) in [6.07, 6.45) is 0. The first kappa shape index (κ1) is 16.0. The fourth-order valence-corrected chi connectivity index (χ4v) is 1.67. The van der Waals surface area contributed by atoms with Crippen molar-refractivity contribution >= 4 is 11.4 Å². The lowest BCUT2D eigenvalue weighted by Gasteiger charge is -2.05. The third kappa shape index (κ3) is 4.26. The zero-order chi connectivity index (χ0) is 15.1. The molecule has 0 aliphatic carbocycles. The molecule has 0 unspecified atom stereocenters. The van der Waals surface area contributed by atoms with E-state index in [0.717, 1.165) is 22.3 Å². The summed E-state index contributed by atoms with van der Waals surface area (Å²) in [6.45, 7) is 5.10. The number of nitrogens with two attached hydrogens (primary N) is 4. The van der Waals surface area contributed by atoms with Gasteiger partial charge in [-0.2, -0.15) is 0 Å². The SMILES string of the molecule is Cc1ccc(C)c(N)c1N.NCc1ccc(CN)cc1. The maximum atomic E-state index is 5.66. The van der Waals surface area contributed by atoms with Crippen molar-refractivity contribution in [1.82, 2.24) is 0 Å². The smallest absolute Gasteiger partial charge is 0.0580 e. The fourth-order valence-electron chi connectivity index (χ4n) is 1.67. The molecular formula is C16H24N4. The van der Waals surface area contributed by atoms with E-state index in [9.17, 15) is 0 Å². The molecule has 0 atom stereocenters. The molecule has 0 spiro atoms. The Morgan fingerprint density at radius 2 is 0.950 bits per heavy atom. The molecule has 20 heavy (non-hydrogen) atoms. The lowest BCUT2D eigenvalue weighted by molar-refractivity contribution is 1.04. The van der Waals surface area contributed by atoms with Crippen molar-refractivity contribution < 1.29 is 0 Å². The van der Waals surface area contributed by atoms with Crippen molar-refractivity contribution in [2.75, 3.05) is 11.5 Å². The molecule has 2 aromatic carbocycles. The highest BCUT2D eigenvalue weighted by molar-refractivity contribution is 5.70. The number of hydrogen-bond acceptors (Lipinski definition) is 4. The third-order valence-electron chi connectivity index (χ3n) is 3.22. The van der Waals surface area contributed by atoms with Crippen LogP contribution in [0.5, 0.6) is 0 Å². The van der Waals surface area contributed by atoms with Gasteiger partial charge in [0.05, 0.1) is 11.4 Å². The standard InChI is InChI=1S/2C8H12N2/c1-5-3-4-6(2)8(10)7(5)9;9-5-7-1-2-8(6-10)4-3-7/h3-4H,9-10H2,1-2H3;1-4H,5-6,9-10H2. The first-order chi connectivity index (χ1) is 9.49. The summed E-state index contributed by atoms with van der Waals surface area (Å²) in [5, 5.41) is 0. The molecular weight excluding hydrogens is 248 g/mol. The zero-order valence-corrected chi connectivity index (χ0v) is 12.2. The summed E-state index contributed by atoms with van der Waals surface area (Å²) < 4.78 is 0. The summed E-state index contributed by atoms with van der Waals surface area (Å²) in [7, 11) is 0. The van der Waals surface area contributed by atoms with Gasteiger partial charge in [-0.05, 0) is 36.1 Å². The summed E-state index contributed by atoms with van der Waals surface area (Å²) in [6, 6.07) is 12.0. The summed E-state index contributed by atoms with van der Waals surface area (Å²) in [4.78, 5) is 0. The molecule has 0 radical (unpaired) electrons. The van der Waals surface area contributed by atoms with E-state index in [1.165, 1.54) is 0 Å². The number of rotatable bonds is 2. The fraction of sp³-hybridized carbons (Fsp3) is 0.250. The highest BCUT2D eigenvalue weighted by Crippen LogP contribution is 2.22. The predicted octanol–water partition coefficient (Wildman–Crippen LogP) is 2.07. The topological polar surface area (TPSA) is 104 Å². The number of aryl methyl sites for hydroxylation is 2. The maximum absolute atomic E-state index is 5.66. The molecule has 0 heterocycles. The van der Waals surface area contributed by atoms with Crippen molar-refractivity contribution in [3.8, 4) is 0 Å². The van der Waals surface area contributed by atoms with Crippen LogP contribution in [0.15, 0.2) is 36.4 Å². The van der Waals surface area contributed by atoms with Gasteiger partial charge < -0.3 is 22.9 Å². The van der Waals surface area contributed by atoms with Crippen molar-refractivity contribution in [2.45, 2.75) is 26.9 Å². The molecule has 8 N–H and O–H groups in total. The number of hydrogen-bond donors (Lipinski definition) is 4. The predicted molar refractivity (Wildman–Crippen MR) is 87.0 cm³/mol. The first-order valence-corrected chi connectivity index (χ1v) is 6.58. The van der Waals surface area contributed by atoms with Crippen molar-refractivity contribution in [2.24, 2.45) is 11.5 Å². The molecule has 0 aliphatic rings. The summed E-state index contributed by atoms with van der Waals surface area (Å²) in [5.41, 5.74) is 27.9. The molecule has 0 saturated carbocycles. The van der Waals surface area contributed by atoms with E-state index in [2.05, 4.69) is 0 Å². The van der Waals surface area contributed by atoms with Gasteiger partial charge in [0.15, 0.2) is 0 Å².